The molecule has 1 aliphatic rings. The summed E-state index contributed by atoms with van der Waals surface area (Å²) in [6.45, 7) is 1.68. The van der Waals surface area contributed by atoms with Gasteiger partial charge >= 0.3 is 5.97 Å². The summed E-state index contributed by atoms with van der Waals surface area (Å²) in [6.07, 6.45) is 1.52. The molecule has 1 amide bonds. The molecular formula is C9H13N5O3. The summed E-state index contributed by atoms with van der Waals surface area (Å²) in [5.74, 6) is -1.21. The molecule has 8 heteroatoms. The third-order valence-electron chi connectivity index (χ3n) is 3.15. The second-order valence-electron chi connectivity index (χ2n) is 4.21. The molecule has 0 aliphatic heterocycles. The third kappa shape index (κ3) is 1.85. The first-order valence-electron chi connectivity index (χ1n) is 5.34. The molecule has 8 nitrogen and oxygen atoms in total. The largest absolute Gasteiger partial charge is 0.480 e. The van der Waals surface area contributed by atoms with Crippen LogP contribution in [-0.4, -0.2) is 37.6 Å². The van der Waals surface area contributed by atoms with E-state index in [1.807, 2.05) is 0 Å². The first-order valence-corrected chi connectivity index (χ1v) is 5.34. The zero-order valence-corrected chi connectivity index (χ0v) is 9.30. The summed E-state index contributed by atoms with van der Waals surface area (Å²) in [5.41, 5.74) is -1.27. The van der Waals surface area contributed by atoms with Crippen molar-refractivity contribution in [1.82, 2.24) is 25.9 Å². The minimum Gasteiger partial charge on any atom is -0.480 e. The number of aromatic amines is 1. The molecule has 0 aromatic carbocycles. The lowest BCUT2D eigenvalue weighted by atomic mass is 9.68. The van der Waals surface area contributed by atoms with Crippen molar-refractivity contribution in [3.8, 4) is 0 Å². The summed E-state index contributed by atoms with van der Waals surface area (Å²) in [4.78, 5) is 23.0. The highest BCUT2D eigenvalue weighted by molar-refractivity contribution is 6.02. The van der Waals surface area contributed by atoms with Crippen LogP contribution in [0.5, 0.6) is 0 Å². The third-order valence-corrected chi connectivity index (χ3v) is 3.15. The maximum absolute atomic E-state index is 11.9. The lowest BCUT2D eigenvalue weighted by Crippen LogP contribution is -2.51. The van der Waals surface area contributed by atoms with E-state index in [1.54, 1.807) is 6.92 Å². The zero-order chi connectivity index (χ0) is 12.5. The van der Waals surface area contributed by atoms with E-state index in [2.05, 4.69) is 25.9 Å². The molecule has 1 unspecified atom stereocenters. The first-order chi connectivity index (χ1) is 8.06. The van der Waals surface area contributed by atoms with Crippen LogP contribution in [0, 0.1) is 5.41 Å². The van der Waals surface area contributed by atoms with Gasteiger partial charge in [0.1, 0.15) is 5.41 Å². The standard InChI is InChI=1S/C9H13N5O3/c1-5(6-11-13-14-12-6)10-7(15)9(8(16)17)3-2-4-9/h5H,2-4H2,1H3,(H,10,15)(H,16,17)(H,11,12,13,14). The van der Waals surface area contributed by atoms with Gasteiger partial charge in [0.05, 0.1) is 6.04 Å². The highest BCUT2D eigenvalue weighted by Gasteiger charge is 2.51. The van der Waals surface area contributed by atoms with E-state index in [0.717, 1.165) is 6.42 Å². The summed E-state index contributed by atoms with van der Waals surface area (Å²) in [6, 6.07) is -0.460. The Hall–Kier alpha value is -1.99. The molecule has 1 aliphatic carbocycles. The Kier molecular flexibility index (Phi) is 2.78. The van der Waals surface area contributed by atoms with E-state index < -0.39 is 23.3 Å². The number of amides is 1. The number of nitrogens with zero attached hydrogens (tertiary/aromatic N) is 3. The van der Waals surface area contributed by atoms with Crippen molar-refractivity contribution in [2.75, 3.05) is 0 Å². The number of carbonyl (C=O) groups excluding carboxylic acids is 1. The number of nitrogens with one attached hydrogen (secondary N) is 2. The van der Waals surface area contributed by atoms with Crippen LogP contribution in [0.4, 0.5) is 0 Å². The molecule has 17 heavy (non-hydrogen) atoms. The number of hydrogen-bond acceptors (Lipinski definition) is 5. The number of tetrazole rings is 1. The fourth-order valence-electron chi connectivity index (χ4n) is 1.82. The molecule has 1 aromatic rings. The van der Waals surface area contributed by atoms with Gasteiger partial charge in [0, 0.05) is 0 Å². The van der Waals surface area contributed by atoms with Gasteiger partial charge in [0.15, 0.2) is 5.82 Å². The number of aromatic nitrogens is 4. The average Bonchev–Trinajstić information content (AvgIpc) is 2.66. The lowest BCUT2D eigenvalue weighted by Gasteiger charge is -2.36. The Morgan fingerprint density at radius 3 is 2.65 bits per heavy atom. The van der Waals surface area contributed by atoms with Crippen LogP contribution in [0.15, 0.2) is 0 Å². The number of carboxylic acid groups (broad SMARTS) is 1. The van der Waals surface area contributed by atoms with Crippen LogP contribution in [-0.2, 0) is 9.59 Å². The minimum absolute atomic E-state index is 0.332. The Balaban J connectivity index is 2.04. The van der Waals surface area contributed by atoms with Crippen LogP contribution in [0.1, 0.15) is 38.1 Å². The Morgan fingerprint density at radius 2 is 2.24 bits per heavy atom. The molecule has 2 rings (SSSR count). The van der Waals surface area contributed by atoms with Crippen molar-refractivity contribution in [1.29, 1.82) is 0 Å². The molecule has 3 N–H and O–H groups in total. The number of carboxylic acids is 1. The van der Waals surface area contributed by atoms with Crippen LogP contribution in [0.2, 0.25) is 0 Å². The second-order valence-corrected chi connectivity index (χ2v) is 4.21. The second kappa shape index (κ2) is 4.11. The zero-order valence-electron chi connectivity index (χ0n) is 9.30. The van der Waals surface area contributed by atoms with Crippen molar-refractivity contribution in [2.24, 2.45) is 5.41 Å². The fourth-order valence-corrected chi connectivity index (χ4v) is 1.82. The molecule has 1 atom stereocenters. The molecule has 1 heterocycles. The van der Waals surface area contributed by atoms with Crippen molar-refractivity contribution >= 4 is 11.9 Å². The smallest absolute Gasteiger partial charge is 0.319 e. The van der Waals surface area contributed by atoms with Crippen molar-refractivity contribution in [3.05, 3.63) is 5.82 Å². The Labute approximate surface area is 96.8 Å². The van der Waals surface area contributed by atoms with Gasteiger partial charge in [0.25, 0.3) is 0 Å². The van der Waals surface area contributed by atoms with Gasteiger partial charge in [-0.15, -0.1) is 10.2 Å². The lowest BCUT2D eigenvalue weighted by molar-refractivity contribution is -0.162. The van der Waals surface area contributed by atoms with E-state index in [4.69, 9.17) is 5.11 Å². The van der Waals surface area contributed by atoms with Gasteiger partial charge in [-0.2, -0.15) is 5.21 Å². The molecule has 1 aromatic heterocycles. The molecule has 0 radical (unpaired) electrons. The first kappa shape index (κ1) is 11.5. The summed E-state index contributed by atoms with van der Waals surface area (Å²) in [5, 5.41) is 24.8. The number of hydrogen-bond donors (Lipinski definition) is 3. The summed E-state index contributed by atoms with van der Waals surface area (Å²) >= 11 is 0. The number of aliphatic carboxylic acids is 1. The van der Waals surface area contributed by atoms with Gasteiger partial charge in [-0.05, 0) is 19.8 Å². The van der Waals surface area contributed by atoms with E-state index in [-0.39, 0.29) is 0 Å². The van der Waals surface area contributed by atoms with Crippen molar-refractivity contribution < 1.29 is 14.7 Å². The summed E-state index contributed by atoms with van der Waals surface area (Å²) < 4.78 is 0. The molecule has 0 saturated heterocycles. The highest BCUT2D eigenvalue weighted by Crippen LogP contribution is 2.41. The Morgan fingerprint density at radius 1 is 1.53 bits per heavy atom. The fraction of sp³-hybridized carbons (Fsp3) is 0.667. The van der Waals surface area contributed by atoms with Crippen molar-refractivity contribution in [3.63, 3.8) is 0 Å². The molecule has 0 bridgehead atoms. The van der Waals surface area contributed by atoms with Crippen LogP contribution in [0.3, 0.4) is 0 Å². The predicted molar refractivity (Wildman–Crippen MR) is 54.7 cm³/mol. The monoisotopic (exact) mass is 239 g/mol. The summed E-state index contributed by atoms with van der Waals surface area (Å²) in [7, 11) is 0. The topological polar surface area (TPSA) is 121 Å². The predicted octanol–water partition coefficient (Wildman–Crippen LogP) is -0.368. The minimum atomic E-state index is -1.27. The van der Waals surface area contributed by atoms with Gasteiger partial charge in [-0.3, -0.25) is 9.59 Å². The van der Waals surface area contributed by atoms with Crippen LogP contribution in [0.25, 0.3) is 0 Å². The molecule has 1 saturated carbocycles. The maximum Gasteiger partial charge on any atom is 0.319 e. The molecule has 92 valence electrons. The van der Waals surface area contributed by atoms with Crippen LogP contribution < -0.4 is 5.32 Å². The Bertz CT molecular complexity index is 426. The molecule has 0 spiro atoms. The van der Waals surface area contributed by atoms with E-state index >= 15 is 0 Å². The van der Waals surface area contributed by atoms with E-state index in [9.17, 15) is 9.59 Å². The maximum atomic E-state index is 11.9. The van der Waals surface area contributed by atoms with Crippen LogP contribution >= 0.6 is 0 Å². The quantitative estimate of drug-likeness (QED) is 0.616. The van der Waals surface area contributed by atoms with Gasteiger partial charge in [-0.25, -0.2) is 0 Å². The van der Waals surface area contributed by atoms with Gasteiger partial charge < -0.3 is 10.4 Å². The highest BCUT2D eigenvalue weighted by atomic mass is 16.4. The van der Waals surface area contributed by atoms with Crippen molar-refractivity contribution in [2.45, 2.75) is 32.2 Å². The number of carbonyl (C=O) groups is 2. The van der Waals surface area contributed by atoms with Gasteiger partial charge in [0.2, 0.25) is 5.91 Å². The normalized spacial score (nSPS) is 19.1. The average molecular weight is 239 g/mol. The molecular weight excluding hydrogens is 226 g/mol. The number of rotatable bonds is 4. The molecule has 1 fully saturated rings. The van der Waals surface area contributed by atoms with Gasteiger partial charge in [-0.1, -0.05) is 11.6 Å². The SMILES string of the molecule is CC(NC(=O)C1(C(=O)O)CCC1)c1nn[nH]n1. The van der Waals surface area contributed by atoms with E-state index in [0.29, 0.717) is 18.7 Å². The van der Waals surface area contributed by atoms with E-state index in [1.165, 1.54) is 0 Å². The number of H-pyrrole nitrogens is 1.